The van der Waals surface area contributed by atoms with Gasteiger partial charge in [-0.15, -0.1) is 0 Å². The van der Waals surface area contributed by atoms with Crippen LogP contribution in [-0.4, -0.2) is 0 Å². The summed E-state index contributed by atoms with van der Waals surface area (Å²) in [5.41, 5.74) is 12.4. The van der Waals surface area contributed by atoms with Crippen molar-refractivity contribution in [1.82, 2.24) is 0 Å². The van der Waals surface area contributed by atoms with Gasteiger partial charge in [-0.1, -0.05) is 135 Å². The molecule has 0 saturated heterocycles. The van der Waals surface area contributed by atoms with E-state index < -0.39 is 0 Å². The summed E-state index contributed by atoms with van der Waals surface area (Å²) in [6.45, 7) is 6.87. The van der Waals surface area contributed by atoms with E-state index in [-0.39, 0.29) is 5.92 Å². The Labute approximate surface area is 347 Å². The number of aryl methyl sites for hydroxylation is 1. The molecule has 4 nitrogen and oxygen atoms in total. The Morgan fingerprint density at radius 1 is 0.367 bits per heavy atom. The molecule has 60 heavy (non-hydrogen) atoms. The minimum atomic E-state index is 0.264. The van der Waals surface area contributed by atoms with Crippen LogP contribution in [0.2, 0.25) is 0 Å². The normalized spacial score (nSPS) is 12.1. The molecule has 0 aliphatic rings. The van der Waals surface area contributed by atoms with Crippen LogP contribution in [0.4, 0.5) is 34.1 Å². The van der Waals surface area contributed by atoms with Gasteiger partial charge in [0.05, 0.1) is 22.7 Å². The van der Waals surface area contributed by atoms with Crippen molar-refractivity contribution in [3.05, 3.63) is 193 Å². The molecule has 12 rings (SSSR count). The molecule has 0 bridgehead atoms. The smallest absolute Gasteiger partial charge is 0.159 e. The highest BCUT2D eigenvalue weighted by atomic mass is 16.3. The van der Waals surface area contributed by atoms with Gasteiger partial charge in [0.25, 0.3) is 0 Å². The molecule has 0 unspecified atom stereocenters. The first-order chi connectivity index (χ1) is 29.5. The maximum atomic E-state index is 6.75. The highest BCUT2D eigenvalue weighted by molar-refractivity contribution is 6.30. The lowest BCUT2D eigenvalue weighted by Crippen LogP contribution is -2.13. The Kier molecular flexibility index (Phi) is 7.61. The van der Waals surface area contributed by atoms with Crippen LogP contribution in [0.25, 0.3) is 76.2 Å². The van der Waals surface area contributed by atoms with E-state index >= 15 is 0 Å². The first kappa shape index (κ1) is 34.5. The van der Waals surface area contributed by atoms with Crippen molar-refractivity contribution in [1.29, 1.82) is 0 Å². The van der Waals surface area contributed by atoms with Crippen molar-refractivity contribution in [3.8, 4) is 0 Å². The van der Waals surface area contributed by atoms with E-state index in [2.05, 4.69) is 200 Å². The minimum Gasteiger partial charge on any atom is -0.454 e. The van der Waals surface area contributed by atoms with Crippen molar-refractivity contribution in [2.75, 3.05) is 9.80 Å². The molecule has 12 aromatic rings. The van der Waals surface area contributed by atoms with Crippen molar-refractivity contribution in [2.45, 2.75) is 26.7 Å². The average Bonchev–Trinajstić information content (AvgIpc) is 3.87. The van der Waals surface area contributed by atoms with Gasteiger partial charge in [0.15, 0.2) is 11.2 Å². The van der Waals surface area contributed by atoms with E-state index in [0.717, 1.165) is 78.0 Å². The maximum Gasteiger partial charge on any atom is 0.159 e. The fraction of sp³-hybridized carbons (Fsp3) is 0.0714. The second-order valence-electron chi connectivity index (χ2n) is 16.3. The van der Waals surface area contributed by atoms with Crippen LogP contribution in [0.5, 0.6) is 0 Å². The first-order valence-electron chi connectivity index (χ1n) is 20.8. The number of nitrogens with zero attached hydrogens (tertiary/aromatic N) is 2. The molecule has 0 amide bonds. The standard InChI is InChI=1S/C56H40N2O2/c1-34(2)46-33-50(58(37-18-8-5-9-19-37)48-25-15-23-43-40-21-11-13-27-52(40)60-56(43)48)45-30-28-38-35(3)32-49(44-31-29-41(46)54(45)53(38)44)57(36-16-6-4-7-17-36)47-24-14-22-42-39-20-10-12-26-51(39)59-55(42)47/h4-34H,1-3H3. The van der Waals surface area contributed by atoms with Crippen LogP contribution in [0.3, 0.4) is 0 Å². The topological polar surface area (TPSA) is 32.8 Å². The number of furan rings is 2. The Hall–Kier alpha value is -7.56. The van der Waals surface area contributed by atoms with E-state index in [4.69, 9.17) is 8.83 Å². The van der Waals surface area contributed by atoms with Crippen molar-refractivity contribution in [2.24, 2.45) is 0 Å². The summed E-state index contributed by atoms with van der Waals surface area (Å²) in [4.78, 5) is 4.81. The number of para-hydroxylation sites is 6. The van der Waals surface area contributed by atoms with Gasteiger partial charge in [0.2, 0.25) is 0 Å². The fourth-order valence-electron chi connectivity index (χ4n) is 9.79. The third-order valence-electron chi connectivity index (χ3n) is 12.5. The van der Waals surface area contributed by atoms with Gasteiger partial charge in [-0.2, -0.15) is 0 Å². The Morgan fingerprint density at radius 2 is 0.800 bits per heavy atom. The second kappa shape index (κ2) is 13.2. The summed E-state index contributed by atoms with van der Waals surface area (Å²) < 4.78 is 13.5. The number of rotatable bonds is 7. The molecule has 0 aliphatic heterocycles. The van der Waals surface area contributed by atoms with Crippen LogP contribution in [-0.2, 0) is 0 Å². The Morgan fingerprint density at radius 3 is 1.33 bits per heavy atom. The average molecular weight is 773 g/mol. The third-order valence-corrected chi connectivity index (χ3v) is 12.5. The van der Waals surface area contributed by atoms with Crippen molar-refractivity contribution in [3.63, 3.8) is 0 Å². The van der Waals surface area contributed by atoms with Gasteiger partial charge in [-0.25, -0.2) is 0 Å². The highest BCUT2D eigenvalue weighted by Gasteiger charge is 2.27. The van der Waals surface area contributed by atoms with Gasteiger partial charge in [0, 0.05) is 43.7 Å². The molecule has 4 heteroatoms. The molecule has 0 atom stereocenters. The zero-order chi connectivity index (χ0) is 40.1. The summed E-state index contributed by atoms with van der Waals surface area (Å²) in [7, 11) is 0. The summed E-state index contributed by atoms with van der Waals surface area (Å²) in [5, 5.41) is 11.9. The number of fused-ring (bicyclic) bond motifs is 6. The van der Waals surface area contributed by atoms with Gasteiger partial charge in [-0.05, 0) is 106 Å². The second-order valence-corrected chi connectivity index (χ2v) is 16.3. The summed E-state index contributed by atoms with van der Waals surface area (Å²) in [6.07, 6.45) is 0. The zero-order valence-corrected chi connectivity index (χ0v) is 33.6. The lowest BCUT2D eigenvalue weighted by Gasteiger charge is -2.31. The van der Waals surface area contributed by atoms with Crippen LogP contribution < -0.4 is 9.80 Å². The van der Waals surface area contributed by atoms with Gasteiger partial charge in [-0.3, -0.25) is 0 Å². The van der Waals surface area contributed by atoms with E-state index in [1.165, 1.54) is 43.4 Å². The van der Waals surface area contributed by atoms with Crippen LogP contribution in [0.15, 0.2) is 191 Å². The number of anilines is 6. The van der Waals surface area contributed by atoms with Crippen molar-refractivity contribution >= 4 is 110 Å². The molecule has 286 valence electrons. The molecule has 0 fully saturated rings. The largest absolute Gasteiger partial charge is 0.454 e. The van der Waals surface area contributed by atoms with E-state index in [1.54, 1.807) is 0 Å². The van der Waals surface area contributed by atoms with Gasteiger partial charge in [0.1, 0.15) is 11.2 Å². The SMILES string of the molecule is Cc1cc(N(c2ccccc2)c2cccc3c2oc2ccccc23)c2ccc3c(C(C)C)cc(N(c4ccccc4)c4cccc5c4oc4ccccc45)c4ccc1c2c34. The molecular formula is C56H40N2O2. The molecule has 0 N–H and O–H groups in total. The third kappa shape index (κ3) is 5.04. The molecule has 2 aromatic heterocycles. The Balaban J connectivity index is 1.19. The fourth-order valence-corrected chi connectivity index (χ4v) is 9.79. The van der Waals surface area contributed by atoms with E-state index in [0.29, 0.717) is 0 Å². The number of hydrogen-bond donors (Lipinski definition) is 0. The molecule has 2 heterocycles. The predicted octanol–water partition coefficient (Wildman–Crippen LogP) is 16.8. The highest BCUT2D eigenvalue weighted by Crippen LogP contribution is 2.52. The number of benzene rings is 10. The molecule has 0 aliphatic carbocycles. The number of hydrogen-bond acceptors (Lipinski definition) is 4. The zero-order valence-electron chi connectivity index (χ0n) is 33.6. The quantitative estimate of drug-likeness (QED) is 0.151. The van der Waals surface area contributed by atoms with Crippen LogP contribution in [0.1, 0.15) is 30.9 Å². The minimum absolute atomic E-state index is 0.264. The molecule has 0 radical (unpaired) electrons. The Bertz CT molecular complexity index is 3600. The lowest BCUT2D eigenvalue weighted by atomic mass is 9.85. The molecule has 10 aromatic carbocycles. The predicted molar refractivity (Wildman–Crippen MR) is 253 cm³/mol. The van der Waals surface area contributed by atoms with Crippen LogP contribution in [0, 0.1) is 6.92 Å². The van der Waals surface area contributed by atoms with Crippen molar-refractivity contribution < 1.29 is 8.83 Å². The van der Waals surface area contributed by atoms with Gasteiger partial charge >= 0.3 is 0 Å². The summed E-state index contributed by atoms with van der Waals surface area (Å²) in [6, 6.07) is 65.3. The summed E-state index contributed by atoms with van der Waals surface area (Å²) in [5.74, 6) is 0.264. The van der Waals surface area contributed by atoms with E-state index in [1.807, 2.05) is 12.1 Å². The first-order valence-corrected chi connectivity index (χ1v) is 20.8. The molecule has 0 spiro atoms. The lowest BCUT2D eigenvalue weighted by molar-refractivity contribution is 0.668. The molecule has 0 saturated carbocycles. The summed E-state index contributed by atoms with van der Waals surface area (Å²) >= 11 is 0. The van der Waals surface area contributed by atoms with Crippen LogP contribution >= 0.6 is 0 Å². The monoisotopic (exact) mass is 772 g/mol. The van der Waals surface area contributed by atoms with E-state index in [9.17, 15) is 0 Å². The maximum absolute atomic E-state index is 6.75. The van der Waals surface area contributed by atoms with Gasteiger partial charge < -0.3 is 18.6 Å². The molecular weight excluding hydrogens is 733 g/mol.